The van der Waals surface area contributed by atoms with E-state index in [2.05, 4.69) is 15.5 Å². The number of hydrogen-bond donors (Lipinski definition) is 1. The number of aryl methyl sites for hydroxylation is 1. The predicted octanol–water partition coefficient (Wildman–Crippen LogP) is 1.36. The van der Waals surface area contributed by atoms with Gasteiger partial charge in [0.05, 0.1) is 13.2 Å². The van der Waals surface area contributed by atoms with Crippen molar-refractivity contribution in [2.24, 2.45) is 0 Å². The highest BCUT2D eigenvalue weighted by Crippen LogP contribution is 2.18. The van der Waals surface area contributed by atoms with Gasteiger partial charge in [0.1, 0.15) is 12.0 Å². The Labute approximate surface area is 125 Å². The second kappa shape index (κ2) is 7.12. The number of carbonyl (C=O) groups excluding carboxylic acids is 1. The number of alkyl halides is 2. The van der Waals surface area contributed by atoms with Crippen LogP contribution in [0.2, 0.25) is 0 Å². The molecular formula is C13H17F2N5O2. The summed E-state index contributed by atoms with van der Waals surface area (Å²) in [5, 5.41) is 10.2. The van der Waals surface area contributed by atoms with E-state index in [1.807, 2.05) is 0 Å². The van der Waals surface area contributed by atoms with Crippen molar-refractivity contribution in [2.75, 3.05) is 13.7 Å². The van der Waals surface area contributed by atoms with Crippen molar-refractivity contribution in [3.63, 3.8) is 0 Å². The van der Waals surface area contributed by atoms with Crippen LogP contribution in [-0.2, 0) is 17.8 Å². The molecule has 1 amide bonds. The van der Waals surface area contributed by atoms with Gasteiger partial charge >= 0.3 is 6.55 Å². The molecule has 0 spiro atoms. The summed E-state index contributed by atoms with van der Waals surface area (Å²) in [6.45, 7) is -0.130. The maximum atomic E-state index is 12.9. The molecule has 0 aliphatic rings. The van der Waals surface area contributed by atoms with Gasteiger partial charge in [-0.15, -0.1) is 10.2 Å². The standard InChI is InChI=1S/C13H17F2N5O2/c1-9-3-4-10(20(9)13(14)15)12(21)16-7-11-18-17-8-19(11)5-6-22-2/h3-4,8,13H,5-7H2,1-2H3,(H,16,21). The summed E-state index contributed by atoms with van der Waals surface area (Å²) in [7, 11) is 1.58. The van der Waals surface area contributed by atoms with Crippen molar-refractivity contribution in [2.45, 2.75) is 26.6 Å². The van der Waals surface area contributed by atoms with Gasteiger partial charge in [0.15, 0.2) is 5.82 Å². The van der Waals surface area contributed by atoms with E-state index in [1.165, 1.54) is 25.4 Å². The van der Waals surface area contributed by atoms with Crippen molar-refractivity contribution in [3.05, 3.63) is 35.7 Å². The maximum Gasteiger partial charge on any atom is 0.319 e. The highest BCUT2D eigenvalue weighted by atomic mass is 19.3. The molecule has 0 saturated heterocycles. The van der Waals surface area contributed by atoms with E-state index in [4.69, 9.17) is 4.74 Å². The summed E-state index contributed by atoms with van der Waals surface area (Å²) >= 11 is 0. The molecule has 0 aliphatic heterocycles. The van der Waals surface area contributed by atoms with E-state index < -0.39 is 12.5 Å². The molecule has 0 atom stereocenters. The van der Waals surface area contributed by atoms with Crippen molar-refractivity contribution < 1.29 is 18.3 Å². The number of nitrogens with zero attached hydrogens (tertiary/aromatic N) is 4. The molecule has 2 aromatic heterocycles. The summed E-state index contributed by atoms with van der Waals surface area (Å²) < 4.78 is 33.3. The molecule has 120 valence electrons. The normalized spacial score (nSPS) is 11.1. The fourth-order valence-electron chi connectivity index (χ4n) is 2.04. The van der Waals surface area contributed by atoms with Gasteiger partial charge in [-0.25, -0.2) is 0 Å². The van der Waals surface area contributed by atoms with Crippen LogP contribution >= 0.6 is 0 Å². The molecule has 9 heteroatoms. The summed E-state index contributed by atoms with van der Waals surface area (Å²) in [6.07, 6.45) is 1.52. The third-order valence-corrected chi connectivity index (χ3v) is 3.19. The lowest BCUT2D eigenvalue weighted by Gasteiger charge is -2.11. The third-order valence-electron chi connectivity index (χ3n) is 3.19. The lowest BCUT2D eigenvalue weighted by atomic mass is 10.4. The second-order valence-electron chi connectivity index (χ2n) is 4.62. The van der Waals surface area contributed by atoms with E-state index in [1.54, 1.807) is 11.7 Å². The zero-order valence-corrected chi connectivity index (χ0v) is 12.3. The van der Waals surface area contributed by atoms with Crippen LogP contribution in [0, 0.1) is 6.92 Å². The van der Waals surface area contributed by atoms with Crippen molar-refractivity contribution in [1.29, 1.82) is 0 Å². The highest BCUT2D eigenvalue weighted by molar-refractivity contribution is 5.92. The van der Waals surface area contributed by atoms with Crippen LogP contribution in [0.4, 0.5) is 8.78 Å². The molecule has 0 radical (unpaired) electrons. The van der Waals surface area contributed by atoms with E-state index in [9.17, 15) is 13.6 Å². The molecule has 0 unspecified atom stereocenters. The van der Waals surface area contributed by atoms with Gasteiger partial charge in [0, 0.05) is 19.3 Å². The first-order valence-corrected chi connectivity index (χ1v) is 6.64. The summed E-state index contributed by atoms with van der Waals surface area (Å²) in [4.78, 5) is 12.1. The van der Waals surface area contributed by atoms with Crippen LogP contribution in [0.3, 0.4) is 0 Å². The molecule has 1 N–H and O–H groups in total. The first-order chi connectivity index (χ1) is 10.5. The number of rotatable bonds is 7. The third kappa shape index (κ3) is 3.48. The van der Waals surface area contributed by atoms with Crippen molar-refractivity contribution in [3.8, 4) is 0 Å². The Kier molecular flexibility index (Phi) is 5.21. The van der Waals surface area contributed by atoms with Crippen molar-refractivity contribution >= 4 is 5.91 Å². The SMILES string of the molecule is COCCn1cnnc1CNC(=O)c1ccc(C)n1C(F)F. The zero-order valence-electron chi connectivity index (χ0n) is 12.3. The minimum atomic E-state index is -2.76. The van der Waals surface area contributed by atoms with Crippen LogP contribution in [0.1, 0.15) is 28.6 Å². The first-order valence-electron chi connectivity index (χ1n) is 6.64. The van der Waals surface area contributed by atoms with E-state index in [0.29, 0.717) is 29.2 Å². The van der Waals surface area contributed by atoms with Gasteiger partial charge in [-0.05, 0) is 19.1 Å². The number of hydrogen-bond acceptors (Lipinski definition) is 4. The van der Waals surface area contributed by atoms with Crippen LogP contribution in [0.15, 0.2) is 18.5 Å². The summed E-state index contributed by atoms with van der Waals surface area (Å²) in [5.74, 6) is -0.0630. The molecule has 2 aromatic rings. The van der Waals surface area contributed by atoms with Crippen LogP contribution in [-0.4, -0.2) is 39.0 Å². The number of methoxy groups -OCH3 is 1. The highest BCUT2D eigenvalue weighted by Gasteiger charge is 2.19. The number of carbonyl (C=O) groups is 1. The number of amides is 1. The van der Waals surface area contributed by atoms with Crippen LogP contribution < -0.4 is 5.32 Å². The molecule has 2 rings (SSSR count). The molecule has 0 saturated carbocycles. The number of nitrogens with one attached hydrogen (secondary N) is 1. The lowest BCUT2D eigenvalue weighted by molar-refractivity contribution is 0.0617. The quantitative estimate of drug-likeness (QED) is 0.837. The number of ether oxygens (including phenoxy) is 1. The average molecular weight is 313 g/mol. The van der Waals surface area contributed by atoms with Gasteiger partial charge in [-0.3, -0.25) is 9.36 Å². The molecule has 7 nitrogen and oxygen atoms in total. The minimum absolute atomic E-state index is 0.0875. The Morgan fingerprint density at radius 1 is 1.45 bits per heavy atom. The number of aromatic nitrogens is 4. The molecule has 0 aliphatic carbocycles. The average Bonchev–Trinajstić information content (AvgIpc) is 3.08. The van der Waals surface area contributed by atoms with Gasteiger partial charge in [-0.1, -0.05) is 0 Å². The van der Waals surface area contributed by atoms with E-state index in [0.717, 1.165) is 0 Å². The Hall–Kier alpha value is -2.29. The van der Waals surface area contributed by atoms with Crippen LogP contribution in [0.25, 0.3) is 0 Å². The molecule has 22 heavy (non-hydrogen) atoms. The molecule has 0 bridgehead atoms. The molecule has 0 aromatic carbocycles. The Bertz CT molecular complexity index is 638. The fraction of sp³-hybridized carbons (Fsp3) is 0.462. The molecule has 2 heterocycles. The minimum Gasteiger partial charge on any atom is -0.383 e. The van der Waals surface area contributed by atoms with E-state index in [-0.39, 0.29) is 12.2 Å². The van der Waals surface area contributed by atoms with Gasteiger partial charge in [0.2, 0.25) is 0 Å². The smallest absolute Gasteiger partial charge is 0.319 e. The van der Waals surface area contributed by atoms with Gasteiger partial charge < -0.3 is 14.6 Å². The second-order valence-corrected chi connectivity index (χ2v) is 4.62. The summed E-state index contributed by atoms with van der Waals surface area (Å²) in [5.41, 5.74) is 0.235. The summed E-state index contributed by atoms with van der Waals surface area (Å²) in [6, 6.07) is 2.84. The molecular weight excluding hydrogens is 296 g/mol. The Morgan fingerprint density at radius 3 is 2.91 bits per heavy atom. The predicted molar refractivity (Wildman–Crippen MR) is 73.5 cm³/mol. The topological polar surface area (TPSA) is 74.0 Å². The Morgan fingerprint density at radius 2 is 2.23 bits per heavy atom. The first kappa shape index (κ1) is 16.1. The Balaban J connectivity index is 2.03. The number of halogens is 2. The van der Waals surface area contributed by atoms with Crippen molar-refractivity contribution in [1.82, 2.24) is 24.6 Å². The largest absolute Gasteiger partial charge is 0.383 e. The fourth-order valence-corrected chi connectivity index (χ4v) is 2.04. The van der Waals surface area contributed by atoms with Gasteiger partial charge in [-0.2, -0.15) is 8.78 Å². The zero-order chi connectivity index (χ0) is 16.1. The van der Waals surface area contributed by atoms with Crippen LogP contribution in [0.5, 0.6) is 0 Å². The van der Waals surface area contributed by atoms with E-state index >= 15 is 0 Å². The maximum absolute atomic E-state index is 12.9. The monoisotopic (exact) mass is 313 g/mol. The lowest BCUT2D eigenvalue weighted by Crippen LogP contribution is -2.27. The van der Waals surface area contributed by atoms with Gasteiger partial charge in [0.25, 0.3) is 5.91 Å². The molecule has 0 fully saturated rings.